The van der Waals surface area contributed by atoms with Crippen LogP contribution < -0.4 is 0 Å². The third-order valence-corrected chi connectivity index (χ3v) is 10.2. The van der Waals surface area contributed by atoms with Crippen LogP contribution in [0.1, 0.15) is 0 Å². The van der Waals surface area contributed by atoms with Crippen LogP contribution in [-0.4, -0.2) is 19.1 Å². The van der Waals surface area contributed by atoms with Gasteiger partial charge in [-0.15, -0.1) is 0 Å². The first kappa shape index (κ1) is 27.9. The summed E-state index contributed by atoms with van der Waals surface area (Å²) in [6.45, 7) is 0. The lowest BCUT2D eigenvalue weighted by Crippen LogP contribution is -2.02. The van der Waals surface area contributed by atoms with Crippen molar-refractivity contribution in [3.05, 3.63) is 170 Å². The second kappa shape index (κ2) is 10.8. The van der Waals surface area contributed by atoms with Gasteiger partial charge >= 0.3 is 0 Å². The van der Waals surface area contributed by atoms with Crippen LogP contribution in [0, 0.1) is 0 Å². The Morgan fingerprint density at radius 3 is 1.63 bits per heavy atom. The van der Waals surface area contributed by atoms with E-state index in [-0.39, 0.29) is 0 Å². The number of hydrogen-bond donors (Lipinski definition) is 0. The predicted octanol–water partition coefficient (Wildman–Crippen LogP) is 11.9. The van der Waals surface area contributed by atoms with Crippen molar-refractivity contribution >= 4 is 65.7 Å². The summed E-state index contributed by atoms with van der Waals surface area (Å²) in [4.78, 5) is 10.6. The van der Waals surface area contributed by atoms with Crippen LogP contribution in [0.25, 0.3) is 99.7 Å². The molecule has 0 radical (unpaired) electrons. The number of rotatable bonds is 4. The molecule has 11 rings (SSSR count). The van der Waals surface area contributed by atoms with Crippen LogP contribution >= 0.6 is 0 Å². The van der Waals surface area contributed by atoms with Crippen LogP contribution in [0.4, 0.5) is 0 Å². The molecule has 0 aliphatic rings. The molecule has 0 N–H and O–H groups in total. The van der Waals surface area contributed by atoms with E-state index < -0.39 is 0 Å². The van der Waals surface area contributed by atoms with Gasteiger partial charge in [0.2, 0.25) is 5.95 Å². The quantitative estimate of drug-likeness (QED) is 0.190. The average Bonchev–Trinajstić information content (AvgIpc) is 3.86. The van der Waals surface area contributed by atoms with Crippen LogP contribution in [0.2, 0.25) is 0 Å². The molecule has 0 saturated heterocycles. The van der Waals surface area contributed by atoms with Gasteiger partial charge in [0.15, 0.2) is 5.58 Å². The van der Waals surface area contributed by atoms with E-state index >= 15 is 0 Å². The van der Waals surface area contributed by atoms with Gasteiger partial charge in [-0.1, -0.05) is 115 Å². The first-order valence-corrected chi connectivity index (χ1v) is 17.2. The van der Waals surface area contributed by atoms with Gasteiger partial charge in [-0.2, -0.15) is 0 Å². The molecule has 7 aromatic carbocycles. The molecule has 0 aliphatic carbocycles. The van der Waals surface area contributed by atoms with Gasteiger partial charge in [0, 0.05) is 38.2 Å². The maximum absolute atomic E-state index is 6.57. The highest BCUT2D eigenvalue weighted by atomic mass is 16.3. The first-order chi connectivity index (χ1) is 25.3. The Morgan fingerprint density at radius 2 is 0.922 bits per heavy atom. The minimum atomic E-state index is 0.613. The second-order valence-electron chi connectivity index (χ2n) is 13.0. The van der Waals surface area contributed by atoms with Crippen molar-refractivity contribution in [2.75, 3.05) is 0 Å². The average molecular weight is 653 g/mol. The molecule has 0 fully saturated rings. The number of para-hydroxylation sites is 4. The van der Waals surface area contributed by atoms with E-state index in [2.05, 4.69) is 161 Å². The van der Waals surface area contributed by atoms with E-state index in [9.17, 15) is 0 Å². The Hall–Kier alpha value is -6.98. The molecule has 5 nitrogen and oxygen atoms in total. The van der Waals surface area contributed by atoms with Crippen molar-refractivity contribution in [1.29, 1.82) is 0 Å². The first-order valence-electron chi connectivity index (χ1n) is 17.2. The Bertz CT molecular complexity index is 3080. The molecule has 0 spiro atoms. The SMILES string of the molecule is c1ccc(-c2ccc(-n3c4ccccc4c4cc(-c5nc(-n6c7ccccc7c7ccccc76)nc6c5oc5ccccc56)ccc43)cc2)cc1. The van der Waals surface area contributed by atoms with Gasteiger partial charge in [-0.25, -0.2) is 9.97 Å². The lowest BCUT2D eigenvalue weighted by atomic mass is 10.1. The summed E-state index contributed by atoms with van der Waals surface area (Å²) in [6.07, 6.45) is 0. The van der Waals surface area contributed by atoms with E-state index in [1.54, 1.807) is 0 Å². The highest BCUT2D eigenvalue weighted by molar-refractivity contribution is 6.13. The maximum atomic E-state index is 6.57. The van der Waals surface area contributed by atoms with E-state index in [1.807, 2.05) is 18.2 Å². The van der Waals surface area contributed by atoms with Crippen molar-refractivity contribution in [3.8, 4) is 34.0 Å². The monoisotopic (exact) mass is 652 g/mol. The fourth-order valence-corrected chi connectivity index (χ4v) is 7.84. The molecule has 5 heteroatoms. The lowest BCUT2D eigenvalue weighted by molar-refractivity contribution is 0.666. The maximum Gasteiger partial charge on any atom is 0.236 e. The summed E-state index contributed by atoms with van der Waals surface area (Å²) in [7, 11) is 0. The third-order valence-electron chi connectivity index (χ3n) is 10.2. The smallest absolute Gasteiger partial charge is 0.236 e. The van der Waals surface area contributed by atoms with Crippen molar-refractivity contribution < 1.29 is 4.42 Å². The number of benzene rings is 7. The highest BCUT2D eigenvalue weighted by Gasteiger charge is 2.22. The number of furan rings is 1. The number of nitrogens with zero attached hydrogens (tertiary/aromatic N) is 4. The molecular formula is C46H28N4O. The minimum Gasteiger partial charge on any atom is -0.452 e. The number of fused-ring (bicyclic) bond motifs is 9. The molecule has 0 aliphatic heterocycles. The number of aromatic nitrogens is 4. The van der Waals surface area contributed by atoms with E-state index in [0.29, 0.717) is 11.5 Å². The summed E-state index contributed by atoms with van der Waals surface area (Å²) in [5.74, 6) is 0.613. The predicted molar refractivity (Wildman–Crippen MR) is 209 cm³/mol. The van der Waals surface area contributed by atoms with Crippen LogP contribution in [0.15, 0.2) is 174 Å². The van der Waals surface area contributed by atoms with Crippen molar-refractivity contribution in [2.24, 2.45) is 0 Å². The van der Waals surface area contributed by atoms with Gasteiger partial charge < -0.3 is 8.98 Å². The van der Waals surface area contributed by atoms with Gasteiger partial charge in [0.05, 0.1) is 22.1 Å². The molecule has 4 aromatic heterocycles. The Morgan fingerprint density at radius 1 is 0.392 bits per heavy atom. The standard InChI is InChI=1S/C46H28N4O/c1-2-12-29(13-3-1)30-22-25-32(26-23-30)49-38-18-8-6-16-35(38)37-28-31(24-27-41(37)49)43-45-44(36-17-7-11-21-42(36)51-45)48-46(47-43)50-39-19-9-4-14-33(39)34-15-5-10-20-40(34)50/h1-28H. The van der Waals surface area contributed by atoms with Gasteiger partial charge in [-0.05, 0) is 65.7 Å². The molecule has 0 atom stereocenters. The fraction of sp³-hybridized carbons (Fsp3) is 0. The molecule has 0 bridgehead atoms. The molecular weight excluding hydrogens is 625 g/mol. The normalized spacial score (nSPS) is 11.9. The molecule has 0 saturated carbocycles. The largest absolute Gasteiger partial charge is 0.452 e. The summed E-state index contributed by atoms with van der Waals surface area (Å²) in [6, 6.07) is 59.6. The minimum absolute atomic E-state index is 0.613. The lowest BCUT2D eigenvalue weighted by Gasteiger charge is -2.11. The van der Waals surface area contributed by atoms with Crippen molar-refractivity contribution in [2.45, 2.75) is 0 Å². The van der Waals surface area contributed by atoms with Crippen molar-refractivity contribution in [1.82, 2.24) is 19.1 Å². The Kier molecular flexibility index (Phi) is 5.89. The zero-order chi connectivity index (χ0) is 33.5. The number of hydrogen-bond acceptors (Lipinski definition) is 3. The molecule has 238 valence electrons. The zero-order valence-corrected chi connectivity index (χ0v) is 27.4. The molecule has 11 aromatic rings. The summed E-state index contributed by atoms with van der Waals surface area (Å²) in [5, 5.41) is 5.63. The fourth-order valence-electron chi connectivity index (χ4n) is 7.84. The molecule has 51 heavy (non-hydrogen) atoms. The van der Waals surface area contributed by atoms with Gasteiger partial charge in [0.25, 0.3) is 0 Å². The van der Waals surface area contributed by atoms with E-state index in [4.69, 9.17) is 14.4 Å². The molecule has 4 heterocycles. The summed E-state index contributed by atoms with van der Waals surface area (Å²) < 4.78 is 11.1. The van der Waals surface area contributed by atoms with Crippen LogP contribution in [0.3, 0.4) is 0 Å². The summed E-state index contributed by atoms with van der Waals surface area (Å²) >= 11 is 0. The van der Waals surface area contributed by atoms with Gasteiger partial charge in [0.1, 0.15) is 16.8 Å². The van der Waals surface area contributed by atoms with Crippen LogP contribution in [-0.2, 0) is 0 Å². The Balaban J connectivity index is 1.16. The van der Waals surface area contributed by atoms with Gasteiger partial charge in [-0.3, -0.25) is 4.57 Å². The zero-order valence-electron chi connectivity index (χ0n) is 27.4. The van der Waals surface area contributed by atoms with E-state index in [1.165, 1.54) is 27.3 Å². The van der Waals surface area contributed by atoms with E-state index in [0.717, 1.165) is 60.9 Å². The third kappa shape index (κ3) is 4.15. The molecule has 0 amide bonds. The van der Waals surface area contributed by atoms with Crippen LogP contribution in [0.5, 0.6) is 0 Å². The second-order valence-corrected chi connectivity index (χ2v) is 13.0. The molecule has 0 unspecified atom stereocenters. The van der Waals surface area contributed by atoms with Crippen molar-refractivity contribution in [3.63, 3.8) is 0 Å². The highest BCUT2D eigenvalue weighted by Crippen LogP contribution is 2.40. The topological polar surface area (TPSA) is 48.8 Å². The summed E-state index contributed by atoms with van der Waals surface area (Å²) in [5.41, 5.74) is 11.9. The Labute approximate surface area is 292 Å².